The monoisotopic (exact) mass is 397 g/mol. The van der Waals surface area contributed by atoms with Gasteiger partial charge < -0.3 is 9.15 Å². The Morgan fingerprint density at radius 1 is 0.933 bits per heavy atom. The lowest BCUT2D eigenvalue weighted by atomic mass is 10.0. The van der Waals surface area contributed by atoms with Gasteiger partial charge in [0.1, 0.15) is 5.58 Å². The Morgan fingerprint density at radius 3 is 2.53 bits per heavy atom. The Kier molecular flexibility index (Phi) is 4.29. The second-order valence-electron chi connectivity index (χ2n) is 6.89. The van der Waals surface area contributed by atoms with Gasteiger partial charge in [-0.3, -0.25) is 0 Å². The molecule has 5 heteroatoms. The molecule has 0 aliphatic carbocycles. The molecule has 0 amide bonds. The summed E-state index contributed by atoms with van der Waals surface area (Å²) in [6.45, 7) is 1.94. The molecule has 0 radical (unpaired) electrons. The van der Waals surface area contributed by atoms with Crippen molar-refractivity contribution in [3.63, 3.8) is 0 Å². The van der Waals surface area contributed by atoms with Gasteiger partial charge in [0.2, 0.25) is 0 Å². The average Bonchev–Trinajstić information content (AvgIpc) is 2.78. The van der Waals surface area contributed by atoms with Crippen LogP contribution in [0.15, 0.2) is 86.4 Å². The number of carbonyl (C=O) groups is 1. The normalized spacial score (nSPS) is 11.2. The van der Waals surface area contributed by atoms with Gasteiger partial charge in [0, 0.05) is 11.5 Å². The van der Waals surface area contributed by atoms with Crippen molar-refractivity contribution in [1.82, 2.24) is 0 Å². The smallest absolute Gasteiger partial charge is 0.382 e. The largest absolute Gasteiger partial charge is 0.462 e. The van der Waals surface area contributed by atoms with E-state index in [-0.39, 0.29) is 23.5 Å². The molecule has 0 fully saturated rings. The molecule has 0 saturated heterocycles. The quantitative estimate of drug-likeness (QED) is 0.166. The van der Waals surface area contributed by atoms with Crippen molar-refractivity contribution in [1.29, 1.82) is 0 Å². The highest BCUT2D eigenvalue weighted by Crippen LogP contribution is 2.32. The maximum Gasteiger partial charge on any atom is 0.382 e. The fourth-order valence-electron chi connectivity index (χ4n) is 3.67. The summed E-state index contributed by atoms with van der Waals surface area (Å²) in [5.74, 6) is -0.421. The number of ether oxygens (including phenoxy) is 1. The van der Waals surface area contributed by atoms with E-state index in [2.05, 4.69) is 0 Å². The molecular weight excluding hydrogens is 380 g/mol. The van der Waals surface area contributed by atoms with Crippen LogP contribution in [-0.4, -0.2) is 12.6 Å². The molecule has 30 heavy (non-hydrogen) atoms. The molecule has 146 valence electrons. The van der Waals surface area contributed by atoms with E-state index in [9.17, 15) is 9.59 Å². The van der Waals surface area contributed by atoms with Gasteiger partial charge in [0.25, 0.3) is 0 Å². The zero-order valence-electron chi connectivity index (χ0n) is 16.2. The van der Waals surface area contributed by atoms with E-state index >= 15 is 0 Å². The Balaban J connectivity index is 1.85. The molecule has 2 aromatic heterocycles. The van der Waals surface area contributed by atoms with Crippen molar-refractivity contribution in [2.75, 3.05) is 6.61 Å². The molecule has 3 aromatic carbocycles. The summed E-state index contributed by atoms with van der Waals surface area (Å²) >= 11 is 0. The lowest BCUT2D eigenvalue weighted by Crippen LogP contribution is -2.10. The summed E-state index contributed by atoms with van der Waals surface area (Å²) in [6.07, 6.45) is 0. The predicted octanol–water partition coefficient (Wildman–Crippen LogP) is 5.82. The van der Waals surface area contributed by atoms with Crippen LogP contribution in [0, 0.1) is 0 Å². The topological polar surface area (TPSA) is 67.8 Å². The lowest BCUT2D eigenvalue weighted by Gasteiger charge is -2.05. The van der Waals surface area contributed by atoms with Crippen molar-refractivity contribution in [3.05, 3.63) is 88.8 Å². The highest BCUT2D eigenvalue weighted by molar-refractivity contribution is 6.07. The SMILES string of the molecule is CCOC(=O)c1cc2ccccc2[o+]c1-c1cc2c(ccc3ccccc32)oc1=O. The van der Waals surface area contributed by atoms with E-state index < -0.39 is 11.6 Å². The highest BCUT2D eigenvalue weighted by atomic mass is 16.5. The number of hydrogen-bond acceptors (Lipinski definition) is 4. The number of para-hydroxylation sites is 1. The maximum atomic E-state index is 12.9. The van der Waals surface area contributed by atoms with Crippen molar-refractivity contribution in [3.8, 4) is 11.3 Å². The number of rotatable bonds is 3. The summed E-state index contributed by atoms with van der Waals surface area (Å²) in [5.41, 5.74) is 0.802. The van der Waals surface area contributed by atoms with Crippen LogP contribution < -0.4 is 5.63 Å². The van der Waals surface area contributed by atoms with Crippen LogP contribution in [0.5, 0.6) is 0 Å². The fourth-order valence-corrected chi connectivity index (χ4v) is 3.67. The van der Waals surface area contributed by atoms with Crippen LogP contribution in [-0.2, 0) is 4.74 Å². The first-order chi connectivity index (χ1) is 14.7. The van der Waals surface area contributed by atoms with Crippen LogP contribution in [0.1, 0.15) is 17.3 Å². The minimum absolute atomic E-state index is 0.135. The Labute approximate surface area is 171 Å². The molecule has 0 N–H and O–H groups in total. The highest BCUT2D eigenvalue weighted by Gasteiger charge is 2.30. The Bertz CT molecular complexity index is 1500. The third kappa shape index (κ3) is 2.92. The minimum atomic E-state index is -0.581. The van der Waals surface area contributed by atoms with Crippen molar-refractivity contribution in [2.24, 2.45) is 0 Å². The molecule has 0 unspecified atom stereocenters. The number of benzene rings is 3. The van der Waals surface area contributed by atoms with Crippen molar-refractivity contribution >= 4 is 38.7 Å². The Hall–Kier alpha value is -3.99. The minimum Gasteiger partial charge on any atom is -0.462 e. The van der Waals surface area contributed by atoms with Crippen molar-refractivity contribution < 1.29 is 18.4 Å². The molecule has 0 atom stereocenters. The molecule has 2 heterocycles. The molecular formula is C25H17O5+. The Morgan fingerprint density at radius 2 is 1.70 bits per heavy atom. The van der Waals surface area contributed by atoms with Gasteiger partial charge in [-0.05, 0) is 42.0 Å². The van der Waals surface area contributed by atoms with Crippen LogP contribution in [0.4, 0.5) is 0 Å². The van der Waals surface area contributed by atoms with Crippen LogP contribution in [0.2, 0.25) is 0 Å². The summed E-state index contributed by atoms with van der Waals surface area (Å²) in [4.78, 5) is 25.5. The van der Waals surface area contributed by atoms with E-state index in [0.29, 0.717) is 11.2 Å². The molecule has 0 aliphatic heterocycles. The molecule has 5 aromatic rings. The maximum absolute atomic E-state index is 12.9. The summed E-state index contributed by atoms with van der Waals surface area (Å²) in [7, 11) is 0. The zero-order valence-corrected chi connectivity index (χ0v) is 16.2. The molecule has 5 rings (SSSR count). The van der Waals surface area contributed by atoms with Crippen LogP contribution in [0.3, 0.4) is 0 Å². The third-order valence-electron chi connectivity index (χ3n) is 5.06. The lowest BCUT2D eigenvalue weighted by molar-refractivity contribution is 0.0525. The van der Waals surface area contributed by atoms with Gasteiger partial charge in [0.05, 0.1) is 12.0 Å². The van der Waals surface area contributed by atoms with Crippen LogP contribution >= 0.6 is 0 Å². The number of esters is 1. The second-order valence-corrected chi connectivity index (χ2v) is 6.89. The van der Waals surface area contributed by atoms with Gasteiger partial charge >= 0.3 is 22.9 Å². The second kappa shape index (κ2) is 7.12. The van der Waals surface area contributed by atoms with Gasteiger partial charge in [-0.25, -0.2) is 14.0 Å². The van der Waals surface area contributed by atoms with Gasteiger partial charge in [-0.2, -0.15) is 0 Å². The van der Waals surface area contributed by atoms with E-state index in [0.717, 1.165) is 21.5 Å². The van der Waals surface area contributed by atoms with Crippen LogP contribution in [0.25, 0.3) is 44.0 Å². The predicted molar refractivity (Wildman–Crippen MR) is 116 cm³/mol. The first-order valence-electron chi connectivity index (χ1n) is 9.64. The summed E-state index contributed by atoms with van der Waals surface area (Å²) < 4.78 is 16.8. The van der Waals surface area contributed by atoms with Gasteiger partial charge in [-0.15, -0.1) is 0 Å². The molecule has 5 nitrogen and oxygen atoms in total. The fraction of sp³-hybridized carbons (Fsp3) is 0.0800. The van der Waals surface area contributed by atoms with E-state index in [1.807, 2.05) is 48.5 Å². The van der Waals surface area contributed by atoms with E-state index in [1.54, 1.807) is 31.2 Å². The molecule has 0 bridgehead atoms. The number of hydrogen-bond donors (Lipinski definition) is 0. The molecule has 0 saturated carbocycles. The third-order valence-corrected chi connectivity index (χ3v) is 5.06. The van der Waals surface area contributed by atoms with E-state index in [1.165, 1.54) is 0 Å². The summed E-state index contributed by atoms with van der Waals surface area (Å²) in [5, 5.41) is 3.46. The van der Waals surface area contributed by atoms with Gasteiger partial charge in [0.15, 0.2) is 11.1 Å². The molecule has 0 spiro atoms. The number of fused-ring (bicyclic) bond motifs is 4. The van der Waals surface area contributed by atoms with Crippen molar-refractivity contribution in [2.45, 2.75) is 6.92 Å². The molecule has 0 aliphatic rings. The average molecular weight is 397 g/mol. The van der Waals surface area contributed by atoms with Gasteiger partial charge in [-0.1, -0.05) is 42.5 Å². The number of carbonyl (C=O) groups excluding carboxylic acids is 1. The van der Waals surface area contributed by atoms with E-state index in [4.69, 9.17) is 13.6 Å². The standard InChI is InChI=1S/C25H17O5/c1-2-28-24(26)19-13-16-8-4-6-10-21(16)29-23(19)20-14-18-17-9-5-3-7-15(17)11-12-22(18)30-25(20)27/h3-14H,2H2,1H3/q+1. The zero-order chi connectivity index (χ0) is 20.7. The summed E-state index contributed by atoms with van der Waals surface area (Å²) in [6, 6.07) is 22.2. The first kappa shape index (κ1) is 18.1. The first-order valence-corrected chi connectivity index (χ1v) is 9.64.